The van der Waals surface area contributed by atoms with Crippen molar-refractivity contribution in [1.82, 2.24) is 0 Å². The van der Waals surface area contributed by atoms with Crippen molar-refractivity contribution in [2.75, 3.05) is 0 Å². The zero-order valence-electron chi connectivity index (χ0n) is 9.88. The van der Waals surface area contributed by atoms with Crippen LogP contribution in [0, 0.1) is 17.0 Å². The Morgan fingerprint density at radius 1 is 1.15 bits per heavy atom. The summed E-state index contributed by atoms with van der Waals surface area (Å²) >= 11 is 6.03. The van der Waals surface area contributed by atoms with E-state index in [1.807, 2.05) is 0 Å². The maximum Gasteiger partial charge on any atom is 0.180 e. The summed E-state index contributed by atoms with van der Waals surface area (Å²) in [7, 11) is 0. The summed E-state index contributed by atoms with van der Waals surface area (Å²) in [6, 6.07) is 6.87. The predicted octanol–water partition coefficient (Wildman–Crippen LogP) is 4.57. The van der Waals surface area contributed by atoms with Gasteiger partial charge in [0.05, 0.1) is 8.95 Å². The lowest BCUT2D eigenvalue weighted by Crippen LogP contribution is -2.12. The van der Waals surface area contributed by atoms with Crippen molar-refractivity contribution in [3.05, 3.63) is 56.5 Å². The SMILES string of the molecule is N=C(N)c1ccc(Oc2ccc(Br)c(F)c2)c(F)c1Br. The summed E-state index contributed by atoms with van der Waals surface area (Å²) in [5.74, 6) is -1.42. The fraction of sp³-hybridized carbons (Fsp3) is 0. The summed E-state index contributed by atoms with van der Waals surface area (Å²) in [5, 5.41) is 7.30. The van der Waals surface area contributed by atoms with Crippen LogP contribution in [0.2, 0.25) is 0 Å². The minimum atomic E-state index is -0.707. The Morgan fingerprint density at radius 3 is 2.45 bits per heavy atom. The van der Waals surface area contributed by atoms with E-state index in [1.165, 1.54) is 24.3 Å². The molecule has 0 heterocycles. The number of hydrogen-bond acceptors (Lipinski definition) is 2. The third-order valence-electron chi connectivity index (χ3n) is 2.46. The van der Waals surface area contributed by atoms with Crippen LogP contribution in [0.4, 0.5) is 8.78 Å². The summed E-state index contributed by atoms with van der Waals surface area (Å²) in [4.78, 5) is 0. The normalized spacial score (nSPS) is 10.4. The minimum absolute atomic E-state index is 0.0279. The average molecular weight is 406 g/mol. The van der Waals surface area contributed by atoms with Crippen LogP contribution < -0.4 is 10.5 Å². The number of hydrogen-bond donors (Lipinski definition) is 2. The van der Waals surface area contributed by atoms with E-state index >= 15 is 0 Å². The van der Waals surface area contributed by atoms with E-state index < -0.39 is 11.6 Å². The van der Waals surface area contributed by atoms with E-state index in [2.05, 4.69) is 31.9 Å². The van der Waals surface area contributed by atoms with Gasteiger partial charge in [-0.05, 0) is 56.1 Å². The lowest BCUT2D eigenvalue weighted by Gasteiger charge is -2.10. The number of benzene rings is 2. The molecule has 0 aliphatic carbocycles. The quantitative estimate of drug-likeness (QED) is 0.580. The molecule has 3 N–H and O–H groups in total. The molecule has 0 radical (unpaired) electrons. The molecular weight excluding hydrogens is 398 g/mol. The smallest absolute Gasteiger partial charge is 0.180 e. The number of nitrogen functional groups attached to an aromatic ring is 1. The molecular formula is C13H8Br2F2N2O. The molecule has 0 amide bonds. The second-order valence-corrected chi connectivity index (χ2v) is 5.48. The molecule has 2 rings (SSSR count). The zero-order chi connectivity index (χ0) is 14.9. The molecule has 104 valence electrons. The summed E-state index contributed by atoms with van der Waals surface area (Å²) in [6.07, 6.45) is 0. The van der Waals surface area contributed by atoms with Crippen LogP contribution in [0.3, 0.4) is 0 Å². The predicted molar refractivity (Wildman–Crippen MR) is 79.3 cm³/mol. The van der Waals surface area contributed by atoms with Gasteiger partial charge in [-0.3, -0.25) is 5.41 Å². The molecule has 0 saturated carbocycles. The minimum Gasteiger partial charge on any atom is -0.454 e. The Balaban J connectivity index is 2.37. The van der Waals surface area contributed by atoms with E-state index in [0.717, 1.165) is 6.07 Å². The highest BCUT2D eigenvalue weighted by molar-refractivity contribution is 9.10. The van der Waals surface area contributed by atoms with Gasteiger partial charge in [-0.15, -0.1) is 0 Å². The number of halogens is 4. The van der Waals surface area contributed by atoms with Crippen LogP contribution in [0.25, 0.3) is 0 Å². The Labute approximate surface area is 130 Å². The molecule has 0 unspecified atom stereocenters. The summed E-state index contributed by atoms with van der Waals surface area (Å²) in [5.41, 5.74) is 5.53. The molecule has 0 bridgehead atoms. The Kier molecular flexibility index (Phi) is 4.39. The third kappa shape index (κ3) is 2.99. The zero-order valence-corrected chi connectivity index (χ0v) is 13.1. The molecule has 2 aromatic carbocycles. The van der Waals surface area contributed by atoms with Crippen molar-refractivity contribution in [3.63, 3.8) is 0 Å². The van der Waals surface area contributed by atoms with Crippen molar-refractivity contribution in [3.8, 4) is 11.5 Å². The summed E-state index contributed by atoms with van der Waals surface area (Å²) in [6.45, 7) is 0. The molecule has 7 heteroatoms. The van der Waals surface area contributed by atoms with Crippen LogP contribution in [0.5, 0.6) is 11.5 Å². The Morgan fingerprint density at radius 2 is 1.85 bits per heavy atom. The van der Waals surface area contributed by atoms with Crippen LogP contribution in [-0.2, 0) is 0 Å². The Bertz CT molecular complexity index is 692. The number of ether oxygens (including phenoxy) is 1. The van der Waals surface area contributed by atoms with E-state index in [0.29, 0.717) is 4.47 Å². The second-order valence-electron chi connectivity index (χ2n) is 3.83. The first-order chi connectivity index (χ1) is 9.40. The second kappa shape index (κ2) is 5.88. The topological polar surface area (TPSA) is 59.1 Å². The number of rotatable bonds is 3. The van der Waals surface area contributed by atoms with Crippen molar-refractivity contribution in [1.29, 1.82) is 5.41 Å². The van der Waals surface area contributed by atoms with E-state index in [9.17, 15) is 8.78 Å². The largest absolute Gasteiger partial charge is 0.454 e. The van der Waals surface area contributed by atoms with Gasteiger partial charge in [0.15, 0.2) is 11.6 Å². The lowest BCUT2D eigenvalue weighted by molar-refractivity contribution is 0.436. The molecule has 20 heavy (non-hydrogen) atoms. The van der Waals surface area contributed by atoms with Gasteiger partial charge in [0, 0.05) is 11.6 Å². The number of nitrogens with one attached hydrogen (secondary N) is 1. The number of amidine groups is 1. The van der Waals surface area contributed by atoms with Gasteiger partial charge in [0.25, 0.3) is 0 Å². The summed E-state index contributed by atoms with van der Waals surface area (Å²) < 4.78 is 33.0. The fourth-order valence-corrected chi connectivity index (χ4v) is 2.27. The van der Waals surface area contributed by atoms with E-state index in [1.54, 1.807) is 0 Å². The van der Waals surface area contributed by atoms with Crippen molar-refractivity contribution >= 4 is 37.7 Å². The monoisotopic (exact) mass is 404 g/mol. The molecule has 0 aliphatic rings. The fourth-order valence-electron chi connectivity index (χ4n) is 1.49. The molecule has 0 aliphatic heterocycles. The van der Waals surface area contributed by atoms with Gasteiger partial charge < -0.3 is 10.5 Å². The molecule has 0 fully saturated rings. The average Bonchev–Trinajstić information content (AvgIpc) is 2.39. The highest BCUT2D eigenvalue weighted by Crippen LogP contribution is 2.32. The van der Waals surface area contributed by atoms with Crippen LogP contribution >= 0.6 is 31.9 Å². The van der Waals surface area contributed by atoms with Crippen molar-refractivity contribution in [2.45, 2.75) is 0 Å². The first-order valence-electron chi connectivity index (χ1n) is 5.35. The van der Waals surface area contributed by atoms with Crippen molar-refractivity contribution in [2.24, 2.45) is 5.73 Å². The third-order valence-corrected chi connectivity index (χ3v) is 3.87. The van der Waals surface area contributed by atoms with Gasteiger partial charge >= 0.3 is 0 Å². The first-order valence-corrected chi connectivity index (χ1v) is 6.94. The van der Waals surface area contributed by atoms with Crippen LogP contribution in [-0.4, -0.2) is 5.84 Å². The molecule has 0 saturated heterocycles. The molecule has 2 aromatic rings. The first kappa shape index (κ1) is 14.9. The standard InChI is InChI=1S/C13H8Br2F2N2O/c14-8-3-1-6(5-9(8)16)20-10-4-2-7(13(18)19)11(15)12(10)17/h1-5H,(H3,18,19). The van der Waals surface area contributed by atoms with Crippen LogP contribution in [0.1, 0.15) is 5.56 Å². The lowest BCUT2D eigenvalue weighted by atomic mass is 10.2. The van der Waals surface area contributed by atoms with Gasteiger partial charge in [0.1, 0.15) is 17.4 Å². The molecule has 3 nitrogen and oxygen atoms in total. The maximum absolute atomic E-state index is 14.1. The van der Waals surface area contributed by atoms with E-state index in [4.69, 9.17) is 15.9 Å². The van der Waals surface area contributed by atoms with Gasteiger partial charge in [0.2, 0.25) is 0 Å². The van der Waals surface area contributed by atoms with Crippen molar-refractivity contribution < 1.29 is 13.5 Å². The van der Waals surface area contributed by atoms with Gasteiger partial charge in [-0.2, -0.15) is 0 Å². The van der Waals surface area contributed by atoms with Gasteiger partial charge in [-0.1, -0.05) is 0 Å². The van der Waals surface area contributed by atoms with Gasteiger partial charge in [-0.25, -0.2) is 8.78 Å². The molecule has 0 spiro atoms. The highest BCUT2D eigenvalue weighted by Gasteiger charge is 2.15. The van der Waals surface area contributed by atoms with E-state index in [-0.39, 0.29) is 27.4 Å². The molecule has 0 atom stereocenters. The maximum atomic E-state index is 14.1. The van der Waals surface area contributed by atoms with Crippen LogP contribution in [0.15, 0.2) is 39.3 Å². The highest BCUT2D eigenvalue weighted by atomic mass is 79.9. The number of nitrogens with two attached hydrogens (primary N) is 1. The Hall–Kier alpha value is -1.47. The molecule has 0 aromatic heterocycles.